The summed E-state index contributed by atoms with van der Waals surface area (Å²) in [6, 6.07) is 8.20. The molecule has 0 amide bonds. The Morgan fingerprint density at radius 2 is 1.80 bits per heavy atom. The Bertz CT molecular complexity index is 715. The van der Waals surface area contributed by atoms with Crippen molar-refractivity contribution >= 4 is 0 Å². The molecule has 0 fully saturated rings. The topological polar surface area (TPSA) is 18.5 Å². The molecular weight excluding hydrogens is 248 g/mol. The molecular formula is C18H14O2. The third-order valence-electron chi connectivity index (χ3n) is 3.72. The van der Waals surface area contributed by atoms with Gasteiger partial charge in [-0.05, 0) is 47.4 Å². The van der Waals surface area contributed by atoms with E-state index >= 15 is 0 Å². The zero-order chi connectivity index (χ0) is 13.4. The highest BCUT2D eigenvalue weighted by atomic mass is 16.5. The van der Waals surface area contributed by atoms with Gasteiger partial charge in [0.25, 0.3) is 0 Å². The number of ether oxygens (including phenoxy) is 2. The summed E-state index contributed by atoms with van der Waals surface area (Å²) < 4.78 is 11.5. The first-order chi connectivity index (χ1) is 9.90. The summed E-state index contributed by atoms with van der Waals surface area (Å²) in [5.41, 5.74) is 3.65. The van der Waals surface area contributed by atoms with E-state index in [9.17, 15) is 0 Å². The molecule has 2 heteroatoms. The van der Waals surface area contributed by atoms with E-state index in [1.807, 2.05) is 30.4 Å². The van der Waals surface area contributed by atoms with Gasteiger partial charge in [-0.3, -0.25) is 0 Å². The Balaban J connectivity index is 1.63. The number of fused-ring (bicyclic) bond motifs is 2. The second-order valence-corrected chi connectivity index (χ2v) is 5.02. The second-order valence-electron chi connectivity index (χ2n) is 5.02. The van der Waals surface area contributed by atoms with Crippen LogP contribution in [-0.4, -0.2) is 0 Å². The van der Waals surface area contributed by atoms with E-state index in [2.05, 4.69) is 24.3 Å². The van der Waals surface area contributed by atoms with Crippen LogP contribution in [0.25, 0.3) is 0 Å². The molecule has 2 nitrogen and oxygen atoms in total. The van der Waals surface area contributed by atoms with Crippen molar-refractivity contribution in [3.8, 4) is 5.75 Å². The van der Waals surface area contributed by atoms with Crippen LogP contribution in [-0.2, 0) is 11.2 Å². The monoisotopic (exact) mass is 262 g/mol. The summed E-state index contributed by atoms with van der Waals surface area (Å²) >= 11 is 0. The summed E-state index contributed by atoms with van der Waals surface area (Å²) in [4.78, 5) is 0. The Labute approximate surface area is 118 Å². The molecule has 1 aromatic rings. The fourth-order valence-electron chi connectivity index (χ4n) is 2.66. The van der Waals surface area contributed by atoms with Crippen LogP contribution in [0, 0.1) is 0 Å². The maximum atomic E-state index is 6.03. The van der Waals surface area contributed by atoms with Gasteiger partial charge in [-0.15, -0.1) is 0 Å². The lowest BCUT2D eigenvalue weighted by molar-refractivity contribution is 0.352. The molecule has 0 unspecified atom stereocenters. The van der Waals surface area contributed by atoms with Crippen LogP contribution in [0.15, 0.2) is 83.6 Å². The van der Waals surface area contributed by atoms with Gasteiger partial charge in [-0.25, -0.2) is 0 Å². The maximum absolute atomic E-state index is 6.03. The molecule has 0 radical (unpaired) electrons. The van der Waals surface area contributed by atoms with Gasteiger partial charge < -0.3 is 9.47 Å². The molecule has 3 aliphatic rings. The van der Waals surface area contributed by atoms with Crippen LogP contribution in [0.5, 0.6) is 5.75 Å². The van der Waals surface area contributed by atoms with Crippen LogP contribution in [0.3, 0.4) is 0 Å². The molecule has 0 bridgehead atoms. The lowest BCUT2D eigenvalue weighted by Crippen LogP contribution is -2.10. The molecule has 2 aliphatic heterocycles. The van der Waals surface area contributed by atoms with Gasteiger partial charge in [-0.1, -0.05) is 30.4 Å². The lowest BCUT2D eigenvalue weighted by atomic mass is 9.94. The largest absolute Gasteiger partial charge is 0.465 e. The minimum Gasteiger partial charge on any atom is -0.465 e. The van der Waals surface area contributed by atoms with Crippen LogP contribution in [0.2, 0.25) is 0 Å². The minimum atomic E-state index is 0.851. The van der Waals surface area contributed by atoms with Crippen molar-refractivity contribution in [3.05, 3.63) is 89.1 Å². The zero-order valence-electron chi connectivity index (χ0n) is 11.0. The number of hydrogen-bond acceptors (Lipinski definition) is 2. The van der Waals surface area contributed by atoms with Gasteiger partial charge >= 0.3 is 0 Å². The number of hydrogen-bond donors (Lipinski definition) is 0. The van der Waals surface area contributed by atoms with Crippen molar-refractivity contribution in [3.63, 3.8) is 0 Å². The Hall–Kier alpha value is -2.48. The molecule has 2 heterocycles. The highest BCUT2D eigenvalue weighted by Crippen LogP contribution is 2.35. The van der Waals surface area contributed by atoms with E-state index in [4.69, 9.17) is 9.47 Å². The average molecular weight is 262 g/mol. The Morgan fingerprint density at radius 1 is 0.900 bits per heavy atom. The summed E-state index contributed by atoms with van der Waals surface area (Å²) in [5, 5.41) is 0. The van der Waals surface area contributed by atoms with Crippen LogP contribution in [0.1, 0.15) is 12.0 Å². The molecule has 0 saturated carbocycles. The second kappa shape index (κ2) is 4.57. The molecule has 1 aromatic carbocycles. The van der Waals surface area contributed by atoms with Gasteiger partial charge in [0.1, 0.15) is 17.3 Å². The van der Waals surface area contributed by atoms with E-state index in [1.54, 1.807) is 6.26 Å². The van der Waals surface area contributed by atoms with Crippen LogP contribution < -0.4 is 4.74 Å². The lowest BCUT2D eigenvalue weighted by Gasteiger charge is -2.24. The number of benzene rings is 1. The molecule has 0 aromatic heterocycles. The van der Waals surface area contributed by atoms with Gasteiger partial charge in [0.05, 0.1) is 6.26 Å². The molecule has 0 atom stereocenters. The number of para-hydroxylation sites is 1. The summed E-state index contributed by atoms with van der Waals surface area (Å²) in [5.74, 6) is 2.87. The Kier molecular flexibility index (Phi) is 2.59. The fraction of sp³-hybridized carbons (Fsp3) is 0.111. The van der Waals surface area contributed by atoms with E-state index < -0.39 is 0 Å². The number of allylic oxidation sites excluding steroid dienone is 7. The number of rotatable bonds is 1. The molecule has 98 valence electrons. The first kappa shape index (κ1) is 11.4. The van der Waals surface area contributed by atoms with Crippen LogP contribution in [0.4, 0.5) is 0 Å². The highest BCUT2D eigenvalue weighted by molar-refractivity contribution is 5.50. The predicted molar refractivity (Wildman–Crippen MR) is 77.9 cm³/mol. The molecule has 1 aliphatic carbocycles. The third-order valence-corrected chi connectivity index (χ3v) is 3.72. The molecule has 4 rings (SSSR count). The smallest absolute Gasteiger partial charge is 0.130 e. The highest BCUT2D eigenvalue weighted by Gasteiger charge is 2.20. The summed E-state index contributed by atoms with van der Waals surface area (Å²) in [6.07, 6.45) is 13.8. The van der Waals surface area contributed by atoms with Crippen molar-refractivity contribution in [1.82, 2.24) is 0 Å². The molecule has 20 heavy (non-hydrogen) atoms. The maximum Gasteiger partial charge on any atom is 0.130 e. The van der Waals surface area contributed by atoms with Crippen molar-refractivity contribution < 1.29 is 9.47 Å². The van der Waals surface area contributed by atoms with Crippen molar-refractivity contribution in [2.24, 2.45) is 0 Å². The quantitative estimate of drug-likeness (QED) is 0.755. The minimum absolute atomic E-state index is 0.851. The van der Waals surface area contributed by atoms with E-state index in [0.29, 0.717) is 0 Å². The third kappa shape index (κ3) is 1.90. The van der Waals surface area contributed by atoms with Crippen molar-refractivity contribution in [2.75, 3.05) is 0 Å². The summed E-state index contributed by atoms with van der Waals surface area (Å²) in [7, 11) is 0. The average Bonchev–Trinajstić information content (AvgIpc) is 2.54. The van der Waals surface area contributed by atoms with Gasteiger partial charge in [0, 0.05) is 6.42 Å². The first-order valence-corrected chi connectivity index (χ1v) is 6.80. The van der Waals surface area contributed by atoms with Gasteiger partial charge in [0.15, 0.2) is 0 Å². The standard InChI is InChI=1S/C18H14O2/c1-2-6-17-13(4-1)7-10-18(20-17)15-8-9-16-14(12-15)5-3-11-19-16/h1-6,8-11H,7,12H2. The fourth-order valence-corrected chi connectivity index (χ4v) is 2.66. The molecule has 0 saturated heterocycles. The predicted octanol–water partition coefficient (Wildman–Crippen LogP) is 4.19. The van der Waals surface area contributed by atoms with Gasteiger partial charge in [0.2, 0.25) is 0 Å². The summed E-state index contributed by atoms with van der Waals surface area (Å²) in [6.45, 7) is 0. The normalized spacial score (nSPS) is 19.4. The van der Waals surface area contributed by atoms with E-state index in [-0.39, 0.29) is 0 Å². The van der Waals surface area contributed by atoms with Crippen molar-refractivity contribution in [2.45, 2.75) is 12.8 Å². The van der Waals surface area contributed by atoms with E-state index in [0.717, 1.165) is 30.1 Å². The van der Waals surface area contributed by atoms with Gasteiger partial charge in [-0.2, -0.15) is 0 Å². The Morgan fingerprint density at radius 3 is 2.80 bits per heavy atom. The van der Waals surface area contributed by atoms with E-state index in [1.165, 1.54) is 16.7 Å². The zero-order valence-corrected chi connectivity index (χ0v) is 11.0. The van der Waals surface area contributed by atoms with Crippen LogP contribution >= 0.6 is 0 Å². The van der Waals surface area contributed by atoms with Crippen molar-refractivity contribution in [1.29, 1.82) is 0 Å². The first-order valence-electron chi connectivity index (χ1n) is 6.80. The molecule has 0 spiro atoms. The molecule has 0 N–H and O–H groups in total. The SMILES string of the molecule is C1=COC2=CC=C(C3=CCc4ccccc4O3)CC2=C1.